The molecule has 21 heavy (non-hydrogen) atoms. The summed E-state index contributed by atoms with van der Waals surface area (Å²) in [4.78, 5) is 16.7. The monoisotopic (exact) mass is 296 g/mol. The average molecular weight is 296 g/mol. The Kier molecular flexibility index (Phi) is 3.80. The number of aromatic nitrogens is 2. The number of ketones is 1. The van der Waals surface area contributed by atoms with Gasteiger partial charge in [-0.1, -0.05) is 41.6 Å². The summed E-state index contributed by atoms with van der Waals surface area (Å²) in [5.41, 5.74) is 4.05. The highest BCUT2D eigenvalue weighted by Crippen LogP contribution is 2.21. The van der Waals surface area contributed by atoms with E-state index in [1.165, 1.54) is 17.3 Å². The first-order chi connectivity index (χ1) is 10.1. The van der Waals surface area contributed by atoms with Gasteiger partial charge in [0.2, 0.25) is 0 Å². The molecule has 3 aromatic rings. The number of Topliss-reactive ketones (excluding diaryl/α,β-unsaturated/α-hetero) is 1. The number of hydrogen-bond acceptors (Lipinski definition) is 3. The standard InChI is InChI=1S/C17H16N2OS/c1-12-6-7-15(13(2)9-12)16(20)11-21-17-18-10-14-5-3-4-8-19(14)17/h3-10H,11H2,1-2H3. The minimum absolute atomic E-state index is 0.144. The van der Waals surface area contributed by atoms with Crippen molar-refractivity contribution in [1.29, 1.82) is 0 Å². The lowest BCUT2D eigenvalue weighted by Crippen LogP contribution is -2.05. The maximum Gasteiger partial charge on any atom is 0.173 e. The summed E-state index contributed by atoms with van der Waals surface area (Å²) in [6.45, 7) is 4.02. The number of carbonyl (C=O) groups is 1. The summed E-state index contributed by atoms with van der Waals surface area (Å²) >= 11 is 1.47. The van der Waals surface area contributed by atoms with Crippen LogP contribution in [0.4, 0.5) is 0 Å². The highest BCUT2D eigenvalue weighted by Gasteiger charge is 2.11. The third-order valence-corrected chi connectivity index (χ3v) is 4.39. The molecule has 0 aliphatic carbocycles. The van der Waals surface area contributed by atoms with Crippen molar-refractivity contribution in [3.63, 3.8) is 0 Å². The van der Waals surface area contributed by atoms with E-state index in [-0.39, 0.29) is 5.78 Å². The number of nitrogens with zero attached hydrogens (tertiary/aromatic N) is 2. The molecule has 0 spiro atoms. The lowest BCUT2D eigenvalue weighted by Gasteiger charge is -2.05. The third-order valence-electron chi connectivity index (χ3n) is 3.42. The zero-order valence-corrected chi connectivity index (χ0v) is 12.9. The topological polar surface area (TPSA) is 34.4 Å². The second-order valence-corrected chi connectivity index (χ2v) is 6.01. The van der Waals surface area contributed by atoms with Crippen LogP contribution in [-0.4, -0.2) is 20.9 Å². The van der Waals surface area contributed by atoms with Crippen molar-refractivity contribution in [2.45, 2.75) is 19.0 Å². The first-order valence-corrected chi connectivity index (χ1v) is 7.79. The van der Waals surface area contributed by atoms with Crippen LogP contribution in [0.15, 0.2) is 53.9 Å². The first kappa shape index (κ1) is 13.9. The Morgan fingerprint density at radius 2 is 2.10 bits per heavy atom. The fourth-order valence-electron chi connectivity index (χ4n) is 2.36. The van der Waals surface area contributed by atoms with Gasteiger partial charge in [0.1, 0.15) is 0 Å². The summed E-state index contributed by atoms with van der Waals surface area (Å²) in [5, 5.41) is 0.851. The van der Waals surface area contributed by atoms with E-state index in [0.29, 0.717) is 5.75 Å². The smallest absolute Gasteiger partial charge is 0.173 e. The molecule has 0 amide bonds. The molecular weight excluding hydrogens is 280 g/mol. The van der Waals surface area contributed by atoms with E-state index in [1.807, 2.05) is 67.0 Å². The van der Waals surface area contributed by atoms with Gasteiger partial charge >= 0.3 is 0 Å². The molecule has 3 rings (SSSR count). The highest BCUT2D eigenvalue weighted by molar-refractivity contribution is 7.99. The number of fused-ring (bicyclic) bond motifs is 1. The SMILES string of the molecule is Cc1ccc(C(=O)CSc2ncc3ccccn23)c(C)c1. The Labute approximate surface area is 128 Å². The lowest BCUT2D eigenvalue weighted by molar-refractivity contribution is 0.102. The van der Waals surface area contributed by atoms with Crippen LogP contribution in [0, 0.1) is 13.8 Å². The molecule has 0 aliphatic rings. The summed E-state index contributed by atoms with van der Waals surface area (Å²) in [7, 11) is 0. The number of carbonyl (C=O) groups excluding carboxylic acids is 1. The Balaban J connectivity index is 1.77. The summed E-state index contributed by atoms with van der Waals surface area (Å²) < 4.78 is 2.00. The average Bonchev–Trinajstić information content (AvgIpc) is 2.88. The zero-order chi connectivity index (χ0) is 14.8. The van der Waals surface area contributed by atoms with E-state index in [2.05, 4.69) is 4.98 Å². The number of pyridine rings is 1. The molecule has 4 heteroatoms. The Morgan fingerprint density at radius 1 is 1.24 bits per heavy atom. The molecule has 2 heterocycles. The minimum Gasteiger partial charge on any atom is -0.295 e. The van der Waals surface area contributed by atoms with Crippen molar-refractivity contribution in [1.82, 2.24) is 9.38 Å². The van der Waals surface area contributed by atoms with Crippen LogP contribution in [0.2, 0.25) is 0 Å². The van der Waals surface area contributed by atoms with Crippen molar-refractivity contribution in [3.8, 4) is 0 Å². The van der Waals surface area contributed by atoms with Crippen LogP contribution in [0.1, 0.15) is 21.5 Å². The van der Waals surface area contributed by atoms with Crippen molar-refractivity contribution in [2.24, 2.45) is 0 Å². The van der Waals surface area contributed by atoms with Gasteiger partial charge in [0.15, 0.2) is 10.9 Å². The zero-order valence-electron chi connectivity index (χ0n) is 12.0. The number of hydrogen-bond donors (Lipinski definition) is 0. The van der Waals surface area contributed by atoms with Gasteiger partial charge in [0, 0.05) is 11.8 Å². The minimum atomic E-state index is 0.144. The molecule has 106 valence electrons. The number of aryl methyl sites for hydroxylation is 2. The molecule has 0 bridgehead atoms. The fraction of sp³-hybridized carbons (Fsp3) is 0.176. The van der Waals surface area contributed by atoms with Gasteiger partial charge in [-0.3, -0.25) is 9.20 Å². The van der Waals surface area contributed by atoms with Crippen LogP contribution in [0.3, 0.4) is 0 Å². The van der Waals surface area contributed by atoms with Crippen LogP contribution in [-0.2, 0) is 0 Å². The predicted octanol–water partition coefficient (Wildman–Crippen LogP) is 3.93. The largest absolute Gasteiger partial charge is 0.295 e. The third kappa shape index (κ3) is 2.85. The molecule has 0 unspecified atom stereocenters. The second kappa shape index (κ2) is 5.74. The maximum absolute atomic E-state index is 12.4. The molecule has 2 aromatic heterocycles. The molecule has 0 radical (unpaired) electrons. The molecule has 0 saturated heterocycles. The predicted molar refractivity (Wildman–Crippen MR) is 86.2 cm³/mol. The van der Waals surface area contributed by atoms with Gasteiger partial charge in [-0.25, -0.2) is 4.98 Å². The number of rotatable bonds is 4. The van der Waals surface area contributed by atoms with E-state index in [1.54, 1.807) is 0 Å². The van der Waals surface area contributed by atoms with Crippen molar-refractivity contribution in [2.75, 3.05) is 5.75 Å². The lowest BCUT2D eigenvalue weighted by atomic mass is 10.0. The molecule has 0 aliphatic heterocycles. The van der Waals surface area contributed by atoms with Crippen LogP contribution >= 0.6 is 11.8 Å². The molecule has 0 fully saturated rings. The van der Waals surface area contributed by atoms with Crippen molar-refractivity contribution in [3.05, 3.63) is 65.5 Å². The van der Waals surface area contributed by atoms with E-state index in [0.717, 1.165) is 21.8 Å². The summed E-state index contributed by atoms with van der Waals surface area (Å²) in [5.74, 6) is 0.544. The normalized spacial score (nSPS) is 11.0. The Morgan fingerprint density at radius 3 is 2.90 bits per heavy atom. The Hall–Kier alpha value is -2.07. The molecule has 0 N–H and O–H groups in total. The van der Waals surface area contributed by atoms with Gasteiger partial charge in [-0.15, -0.1) is 0 Å². The number of thioether (sulfide) groups is 1. The van der Waals surface area contributed by atoms with E-state index in [4.69, 9.17) is 0 Å². The Bertz CT molecular complexity index is 807. The molecule has 3 nitrogen and oxygen atoms in total. The molecule has 1 aromatic carbocycles. The van der Waals surface area contributed by atoms with E-state index < -0.39 is 0 Å². The van der Waals surface area contributed by atoms with Gasteiger partial charge < -0.3 is 0 Å². The van der Waals surface area contributed by atoms with Crippen molar-refractivity contribution >= 4 is 23.1 Å². The first-order valence-electron chi connectivity index (χ1n) is 6.80. The summed E-state index contributed by atoms with van der Waals surface area (Å²) in [6.07, 6.45) is 3.79. The van der Waals surface area contributed by atoms with Gasteiger partial charge in [0.05, 0.1) is 17.5 Å². The maximum atomic E-state index is 12.4. The number of imidazole rings is 1. The van der Waals surface area contributed by atoms with Crippen LogP contribution in [0.5, 0.6) is 0 Å². The quantitative estimate of drug-likeness (QED) is 0.540. The highest BCUT2D eigenvalue weighted by atomic mass is 32.2. The molecular formula is C17H16N2OS. The summed E-state index contributed by atoms with van der Waals surface area (Å²) in [6, 6.07) is 11.9. The van der Waals surface area contributed by atoms with Gasteiger partial charge in [0.25, 0.3) is 0 Å². The van der Waals surface area contributed by atoms with Crippen LogP contribution in [0.25, 0.3) is 5.52 Å². The molecule has 0 atom stereocenters. The van der Waals surface area contributed by atoms with Crippen molar-refractivity contribution < 1.29 is 4.79 Å². The van der Waals surface area contributed by atoms with Gasteiger partial charge in [-0.2, -0.15) is 0 Å². The second-order valence-electron chi connectivity index (χ2n) is 5.07. The van der Waals surface area contributed by atoms with E-state index in [9.17, 15) is 4.79 Å². The fourth-order valence-corrected chi connectivity index (χ4v) is 3.21. The van der Waals surface area contributed by atoms with E-state index >= 15 is 0 Å². The van der Waals surface area contributed by atoms with Gasteiger partial charge in [-0.05, 0) is 31.5 Å². The number of benzene rings is 1. The molecule has 0 saturated carbocycles. The van der Waals surface area contributed by atoms with Crippen LogP contribution < -0.4 is 0 Å².